The van der Waals surface area contributed by atoms with Gasteiger partial charge in [-0.1, -0.05) is 0 Å². The van der Waals surface area contributed by atoms with E-state index < -0.39 is 0 Å². The van der Waals surface area contributed by atoms with Crippen molar-refractivity contribution >= 4 is 11.3 Å². The molecule has 2 aliphatic heterocycles. The third kappa shape index (κ3) is 4.77. The van der Waals surface area contributed by atoms with Crippen LogP contribution < -0.4 is 0 Å². The van der Waals surface area contributed by atoms with Gasteiger partial charge >= 0.3 is 0 Å². The first-order chi connectivity index (χ1) is 11.1. The van der Waals surface area contributed by atoms with E-state index in [4.69, 9.17) is 9.47 Å². The molecule has 0 amide bonds. The van der Waals surface area contributed by atoms with E-state index in [9.17, 15) is 0 Å². The summed E-state index contributed by atoms with van der Waals surface area (Å²) in [6.45, 7) is 6.97. The minimum Gasteiger partial charge on any atom is -0.377 e. The molecule has 0 aromatic carbocycles. The summed E-state index contributed by atoms with van der Waals surface area (Å²) >= 11 is 1.92. The molecule has 23 heavy (non-hydrogen) atoms. The van der Waals surface area contributed by atoms with Gasteiger partial charge in [0.05, 0.1) is 25.4 Å². The van der Waals surface area contributed by atoms with Crippen LogP contribution in [0.4, 0.5) is 0 Å². The smallest absolute Gasteiger partial charge is 0.0813 e. The summed E-state index contributed by atoms with van der Waals surface area (Å²) in [4.78, 5) is 7.67. The molecule has 130 valence electrons. The number of likely N-dealkylation sites (N-methyl/N-ethyl adjacent to an activating group) is 1. The lowest BCUT2D eigenvalue weighted by molar-refractivity contribution is -0.100. The van der Waals surface area contributed by atoms with Crippen LogP contribution in [0.25, 0.3) is 0 Å². The predicted octanol–water partition coefficient (Wildman–Crippen LogP) is 2.76. The number of thiophene rings is 1. The SMILES string of the molecule is Cc1ccc(CN2CC[C@@H]3O[C@H](COCCN(C)C)CC[C@@H]32)s1. The fraction of sp³-hybridized carbons (Fsp3) is 0.778. The van der Waals surface area contributed by atoms with E-state index in [0.29, 0.717) is 18.2 Å². The maximum atomic E-state index is 6.31. The Hall–Kier alpha value is -0.460. The zero-order valence-electron chi connectivity index (χ0n) is 14.7. The fourth-order valence-electron chi connectivity index (χ4n) is 3.64. The summed E-state index contributed by atoms with van der Waals surface area (Å²) in [6.07, 6.45) is 4.25. The zero-order valence-corrected chi connectivity index (χ0v) is 15.5. The van der Waals surface area contributed by atoms with Crippen molar-refractivity contribution in [3.05, 3.63) is 21.9 Å². The van der Waals surface area contributed by atoms with E-state index in [1.807, 2.05) is 11.3 Å². The Morgan fingerprint density at radius 3 is 2.91 bits per heavy atom. The number of rotatable bonds is 7. The third-order valence-electron chi connectivity index (χ3n) is 4.89. The Morgan fingerprint density at radius 2 is 2.17 bits per heavy atom. The van der Waals surface area contributed by atoms with Gasteiger partial charge in [0, 0.05) is 35.4 Å². The summed E-state index contributed by atoms with van der Waals surface area (Å²) < 4.78 is 12.1. The van der Waals surface area contributed by atoms with Crippen LogP contribution in [-0.2, 0) is 16.0 Å². The maximum Gasteiger partial charge on any atom is 0.0813 e. The summed E-state index contributed by atoms with van der Waals surface area (Å²) in [5.41, 5.74) is 0. The molecular formula is C18H30N2O2S. The van der Waals surface area contributed by atoms with Gasteiger partial charge in [-0.3, -0.25) is 4.90 Å². The third-order valence-corrected chi connectivity index (χ3v) is 5.88. The number of aryl methyl sites for hydroxylation is 1. The first kappa shape index (κ1) is 17.4. The first-order valence-corrected chi connectivity index (χ1v) is 9.61. The first-order valence-electron chi connectivity index (χ1n) is 8.79. The highest BCUT2D eigenvalue weighted by molar-refractivity contribution is 7.11. The Morgan fingerprint density at radius 1 is 1.30 bits per heavy atom. The molecule has 1 aromatic rings. The fourth-order valence-corrected chi connectivity index (χ4v) is 4.55. The summed E-state index contributed by atoms with van der Waals surface area (Å²) in [5, 5.41) is 0. The standard InChI is InChI=1S/C18H30N2O2S/c1-14-4-6-16(23-14)12-20-9-8-18-17(20)7-5-15(22-18)13-21-11-10-19(2)3/h4,6,15,17-18H,5,7-13H2,1-3H3/t15-,17-,18-/m0/s1. The Kier molecular flexibility index (Phi) is 6.10. The zero-order chi connectivity index (χ0) is 16.2. The van der Waals surface area contributed by atoms with Crippen molar-refractivity contribution in [3.63, 3.8) is 0 Å². The van der Waals surface area contributed by atoms with Crippen LogP contribution >= 0.6 is 11.3 Å². The molecule has 0 aliphatic carbocycles. The molecule has 2 aliphatic rings. The number of nitrogens with zero attached hydrogens (tertiary/aromatic N) is 2. The molecule has 4 nitrogen and oxygen atoms in total. The van der Waals surface area contributed by atoms with E-state index in [0.717, 1.165) is 32.7 Å². The number of hydrogen-bond acceptors (Lipinski definition) is 5. The monoisotopic (exact) mass is 338 g/mol. The molecule has 0 unspecified atom stereocenters. The average Bonchev–Trinajstić information content (AvgIpc) is 3.10. The van der Waals surface area contributed by atoms with E-state index in [-0.39, 0.29) is 0 Å². The number of ether oxygens (including phenoxy) is 2. The average molecular weight is 339 g/mol. The minimum absolute atomic E-state index is 0.294. The second-order valence-corrected chi connectivity index (χ2v) is 8.46. The molecule has 2 saturated heterocycles. The van der Waals surface area contributed by atoms with Crippen LogP contribution in [0.5, 0.6) is 0 Å². The van der Waals surface area contributed by atoms with Gasteiger partial charge < -0.3 is 14.4 Å². The molecule has 0 N–H and O–H groups in total. The number of fused-ring (bicyclic) bond motifs is 1. The lowest BCUT2D eigenvalue weighted by Gasteiger charge is -2.36. The van der Waals surface area contributed by atoms with Gasteiger partial charge in [-0.05, 0) is 52.4 Å². The topological polar surface area (TPSA) is 24.9 Å². The van der Waals surface area contributed by atoms with Crippen LogP contribution in [0.3, 0.4) is 0 Å². The van der Waals surface area contributed by atoms with Gasteiger partial charge in [-0.15, -0.1) is 11.3 Å². The molecule has 0 bridgehead atoms. The van der Waals surface area contributed by atoms with Crippen molar-refractivity contribution < 1.29 is 9.47 Å². The van der Waals surface area contributed by atoms with Gasteiger partial charge in [0.1, 0.15) is 0 Å². The highest BCUT2D eigenvalue weighted by Crippen LogP contribution is 2.33. The minimum atomic E-state index is 0.294. The van der Waals surface area contributed by atoms with Crippen LogP contribution in [-0.4, -0.2) is 68.4 Å². The quantitative estimate of drug-likeness (QED) is 0.714. The highest BCUT2D eigenvalue weighted by atomic mass is 32.1. The molecule has 3 rings (SSSR count). The van der Waals surface area contributed by atoms with E-state index in [1.165, 1.54) is 29.1 Å². The Balaban J connectivity index is 1.42. The molecule has 3 heterocycles. The van der Waals surface area contributed by atoms with Crippen molar-refractivity contribution in [2.45, 2.75) is 51.0 Å². The van der Waals surface area contributed by atoms with Crippen molar-refractivity contribution in [1.29, 1.82) is 0 Å². The van der Waals surface area contributed by atoms with Gasteiger partial charge in [0.15, 0.2) is 0 Å². The molecular weight excluding hydrogens is 308 g/mol. The molecule has 1 aromatic heterocycles. The largest absolute Gasteiger partial charge is 0.377 e. The van der Waals surface area contributed by atoms with Crippen molar-refractivity contribution in [2.75, 3.05) is 40.4 Å². The van der Waals surface area contributed by atoms with Gasteiger partial charge in [0.2, 0.25) is 0 Å². The van der Waals surface area contributed by atoms with E-state index in [2.05, 4.69) is 43.0 Å². The maximum absolute atomic E-state index is 6.31. The van der Waals surface area contributed by atoms with Gasteiger partial charge in [-0.25, -0.2) is 0 Å². The van der Waals surface area contributed by atoms with Crippen molar-refractivity contribution in [2.24, 2.45) is 0 Å². The van der Waals surface area contributed by atoms with Gasteiger partial charge in [0.25, 0.3) is 0 Å². The second-order valence-electron chi connectivity index (χ2n) is 7.09. The van der Waals surface area contributed by atoms with Crippen LogP contribution in [0.1, 0.15) is 29.0 Å². The van der Waals surface area contributed by atoms with Crippen LogP contribution in [0.2, 0.25) is 0 Å². The normalized spacial score (nSPS) is 28.4. The summed E-state index contributed by atoms with van der Waals surface area (Å²) in [7, 11) is 4.15. The highest BCUT2D eigenvalue weighted by Gasteiger charge is 2.39. The lowest BCUT2D eigenvalue weighted by Crippen LogP contribution is -2.43. The predicted molar refractivity (Wildman–Crippen MR) is 95.1 cm³/mol. The second kappa shape index (κ2) is 8.08. The van der Waals surface area contributed by atoms with E-state index >= 15 is 0 Å². The molecule has 2 fully saturated rings. The Bertz CT molecular complexity index is 491. The van der Waals surface area contributed by atoms with Gasteiger partial charge in [-0.2, -0.15) is 0 Å². The number of likely N-dealkylation sites (tertiary alicyclic amines) is 1. The molecule has 5 heteroatoms. The molecule has 0 radical (unpaired) electrons. The van der Waals surface area contributed by atoms with Crippen molar-refractivity contribution in [1.82, 2.24) is 9.80 Å². The van der Waals surface area contributed by atoms with Crippen molar-refractivity contribution in [3.8, 4) is 0 Å². The van der Waals surface area contributed by atoms with Crippen LogP contribution in [0.15, 0.2) is 12.1 Å². The van der Waals surface area contributed by atoms with Crippen LogP contribution in [0, 0.1) is 6.92 Å². The van der Waals surface area contributed by atoms with E-state index in [1.54, 1.807) is 0 Å². The Labute approximate surface area is 144 Å². The lowest BCUT2D eigenvalue weighted by atomic mass is 9.99. The number of hydrogen-bond donors (Lipinski definition) is 0. The molecule has 0 saturated carbocycles. The molecule has 0 spiro atoms. The molecule has 3 atom stereocenters. The summed E-state index contributed by atoms with van der Waals surface area (Å²) in [6, 6.07) is 5.11. The summed E-state index contributed by atoms with van der Waals surface area (Å²) in [5.74, 6) is 0.